The molecule has 3 unspecified atom stereocenters. The van der Waals surface area contributed by atoms with Crippen molar-refractivity contribution in [3.8, 4) is 0 Å². The van der Waals surface area contributed by atoms with Crippen molar-refractivity contribution >= 4 is 0 Å². The fraction of sp³-hybridized carbons (Fsp3) is 0.857. The molecule has 21 heavy (non-hydrogen) atoms. The highest BCUT2D eigenvalue weighted by molar-refractivity contribution is 5.12. The summed E-state index contributed by atoms with van der Waals surface area (Å²) in [6.07, 6.45) is 1.01. The van der Waals surface area contributed by atoms with Crippen LogP contribution in [0.1, 0.15) is 38.1 Å². The van der Waals surface area contributed by atoms with Crippen LogP contribution in [-0.2, 0) is 14.9 Å². The van der Waals surface area contributed by atoms with Crippen LogP contribution in [0.25, 0.3) is 0 Å². The summed E-state index contributed by atoms with van der Waals surface area (Å²) in [6.45, 7) is 8.78. The Morgan fingerprint density at radius 2 is 2.33 bits per heavy atom. The Bertz CT molecular complexity index is 479. The standard InChI is InChI=1S/C14H24N4O3/c1-3-4-18-5-6-20-10(7-18)12-16-13(21-17-12)14(2)9-19-8-11(14)15/h10-11H,3-9,15H2,1-2H3. The highest BCUT2D eigenvalue weighted by Crippen LogP contribution is 2.32. The van der Waals surface area contributed by atoms with Gasteiger partial charge in [-0.3, -0.25) is 4.90 Å². The molecule has 2 saturated heterocycles. The molecule has 0 bridgehead atoms. The van der Waals surface area contributed by atoms with Gasteiger partial charge in [-0.15, -0.1) is 0 Å². The van der Waals surface area contributed by atoms with Crippen molar-refractivity contribution in [1.29, 1.82) is 0 Å². The van der Waals surface area contributed by atoms with Gasteiger partial charge in [0.2, 0.25) is 11.7 Å². The van der Waals surface area contributed by atoms with E-state index in [4.69, 9.17) is 19.7 Å². The van der Waals surface area contributed by atoms with Crippen LogP contribution in [0.2, 0.25) is 0 Å². The first kappa shape index (κ1) is 14.9. The summed E-state index contributed by atoms with van der Waals surface area (Å²) in [6, 6.07) is -0.116. The van der Waals surface area contributed by atoms with Gasteiger partial charge in [0.25, 0.3) is 0 Å². The number of aromatic nitrogens is 2. The van der Waals surface area contributed by atoms with Gasteiger partial charge in [-0.2, -0.15) is 4.98 Å². The maximum atomic E-state index is 6.10. The van der Waals surface area contributed by atoms with Crippen LogP contribution >= 0.6 is 0 Å². The predicted molar refractivity (Wildman–Crippen MR) is 75.9 cm³/mol. The molecule has 2 N–H and O–H groups in total. The molecule has 2 aliphatic heterocycles. The van der Waals surface area contributed by atoms with Gasteiger partial charge < -0.3 is 19.7 Å². The summed E-state index contributed by atoms with van der Waals surface area (Å²) in [7, 11) is 0. The van der Waals surface area contributed by atoms with Gasteiger partial charge in [-0.1, -0.05) is 12.1 Å². The molecular formula is C14H24N4O3. The molecular weight excluding hydrogens is 272 g/mol. The molecule has 0 spiro atoms. The van der Waals surface area contributed by atoms with Crippen LogP contribution in [0.4, 0.5) is 0 Å². The lowest BCUT2D eigenvalue weighted by molar-refractivity contribution is -0.0350. The highest BCUT2D eigenvalue weighted by Gasteiger charge is 2.44. The molecule has 2 aliphatic rings. The van der Waals surface area contributed by atoms with Crippen molar-refractivity contribution in [3.63, 3.8) is 0 Å². The third-order valence-electron chi connectivity index (χ3n) is 4.43. The number of morpholine rings is 1. The molecule has 3 heterocycles. The summed E-state index contributed by atoms with van der Waals surface area (Å²) in [5.74, 6) is 1.17. The van der Waals surface area contributed by atoms with Crippen LogP contribution in [-0.4, -0.2) is 60.5 Å². The van der Waals surface area contributed by atoms with E-state index >= 15 is 0 Å². The minimum absolute atomic E-state index is 0.116. The first-order valence-corrected chi connectivity index (χ1v) is 7.65. The zero-order valence-electron chi connectivity index (χ0n) is 12.7. The lowest BCUT2D eigenvalue weighted by Gasteiger charge is -2.31. The molecule has 118 valence electrons. The lowest BCUT2D eigenvalue weighted by Crippen LogP contribution is -2.42. The van der Waals surface area contributed by atoms with E-state index in [0.29, 0.717) is 31.5 Å². The number of hydrogen-bond donors (Lipinski definition) is 1. The molecule has 1 aromatic rings. The number of nitrogens with two attached hydrogens (primary N) is 1. The molecule has 0 radical (unpaired) electrons. The number of rotatable bonds is 4. The Morgan fingerprint density at radius 1 is 1.48 bits per heavy atom. The molecule has 0 saturated carbocycles. The lowest BCUT2D eigenvalue weighted by atomic mass is 9.86. The van der Waals surface area contributed by atoms with Crippen molar-refractivity contribution < 1.29 is 14.0 Å². The molecule has 3 rings (SSSR count). The molecule has 0 aliphatic carbocycles. The molecule has 2 fully saturated rings. The molecule has 7 heteroatoms. The second-order valence-electron chi connectivity index (χ2n) is 6.16. The predicted octanol–water partition coefficient (Wildman–Crippen LogP) is 0.468. The summed E-state index contributed by atoms with van der Waals surface area (Å²) < 4.78 is 16.7. The van der Waals surface area contributed by atoms with E-state index < -0.39 is 5.41 Å². The fourth-order valence-electron chi connectivity index (χ4n) is 2.88. The average molecular weight is 296 g/mol. The van der Waals surface area contributed by atoms with E-state index in [1.165, 1.54) is 0 Å². The Balaban J connectivity index is 1.72. The first-order chi connectivity index (χ1) is 10.1. The zero-order valence-corrected chi connectivity index (χ0v) is 12.7. The van der Waals surface area contributed by atoms with Crippen molar-refractivity contribution in [3.05, 3.63) is 11.7 Å². The summed E-state index contributed by atoms with van der Waals surface area (Å²) in [4.78, 5) is 6.91. The second kappa shape index (κ2) is 6.00. The fourth-order valence-corrected chi connectivity index (χ4v) is 2.88. The average Bonchev–Trinajstić information content (AvgIpc) is 3.09. The van der Waals surface area contributed by atoms with Gasteiger partial charge in [0.1, 0.15) is 6.10 Å². The minimum atomic E-state index is -0.400. The number of nitrogens with zero attached hydrogens (tertiary/aromatic N) is 3. The number of ether oxygens (including phenoxy) is 2. The molecule has 0 amide bonds. The molecule has 0 aromatic carbocycles. The van der Waals surface area contributed by atoms with Crippen molar-refractivity contribution in [1.82, 2.24) is 15.0 Å². The maximum absolute atomic E-state index is 6.10. The Hall–Kier alpha value is -1.02. The quantitative estimate of drug-likeness (QED) is 0.864. The first-order valence-electron chi connectivity index (χ1n) is 7.65. The van der Waals surface area contributed by atoms with Gasteiger partial charge in [-0.25, -0.2) is 0 Å². The Labute approximate surface area is 124 Å². The van der Waals surface area contributed by atoms with E-state index in [9.17, 15) is 0 Å². The van der Waals surface area contributed by atoms with E-state index in [0.717, 1.165) is 26.1 Å². The maximum Gasteiger partial charge on any atom is 0.236 e. The van der Waals surface area contributed by atoms with Crippen molar-refractivity contribution in [2.45, 2.75) is 37.8 Å². The molecule has 7 nitrogen and oxygen atoms in total. The smallest absolute Gasteiger partial charge is 0.236 e. The van der Waals surface area contributed by atoms with E-state index in [1.807, 2.05) is 6.92 Å². The summed E-state index contributed by atoms with van der Waals surface area (Å²) in [5.41, 5.74) is 5.70. The van der Waals surface area contributed by atoms with Crippen molar-refractivity contribution in [2.75, 3.05) is 39.5 Å². The summed E-state index contributed by atoms with van der Waals surface area (Å²) in [5, 5.41) is 4.11. The molecule has 1 aromatic heterocycles. The Kier molecular flexibility index (Phi) is 4.26. The zero-order chi connectivity index (χ0) is 14.9. The van der Waals surface area contributed by atoms with Crippen LogP contribution in [0.5, 0.6) is 0 Å². The van der Waals surface area contributed by atoms with Gasteiger partial charge in [0, 0.05) is 19.1 Å². The van der Waals surface area contributed by atoms with Gasteiger partial charge in [0.15, 0.2) is 0 Å². The normalized spacial score (nSPS) is 34.4. The largest absolute Gasteiger partial charge is 0.379 e. The Morgan fingerprint density at radius 3 is 3.05 bits per heavy atom. The van der Waals surface area contributed by atoms with E-state index in [-0.39, 0.29) is 12.1 Å². The molecule has 3 atom stereocenters. The summed E-state index contributed by atoms with van der Waals surface area (Å²) >= 11 is 0. The number of hydrogen-bond acceptors (Lipinski definition) is 7. The SMILES string of the molecule is CCCN1CCOC(c2noc(C3(C)COCC3N)n2)C1. The topological polar surface area (TPSA) is 86.6 Å². The van der Waals surface area contributed by atoms with Crippen LogP contribution in [0.3, 0.4) is 0 Å². The van der Waals surface area contributed by atoms with Crippen LogP contribution in [0, 0.1) is 0 Å². The van der Waals surface area contributed by atoms with E-state index in [1.54, 1.807) is 0 Å². The second-order valence-corrected chi connectivity index (χ2v) is 6.16. The van der Waals surface area contributed by atoms with Crippen LogP contribution in [0.15, 0.2) is 4.52 Å². The third kappa shape index (κ3) is 2.83. The van der Waals surface area contributed by atoms with Crippen molar-refractivity contribution in [2.24, 2.45) is 5.73 Å². The van der Waals surface area contributed by atoms with Gasteiger partial charge in [0.05, 0.1) is 25.2 Å². The van der Waals surface area contributed by atoms with Gasteiger partial charge >= 0.3 is 0 Å². The highest BCUT2D eigenvalue weighted by atomic mass is 16.5. The van der Waals surface area contributed by atoms with Crippen LogP contribution < -0.4 is 5.73 Å². The monoisotopic (exact) mass is 296 g/mol. The van der Waals surface area contributed by atoms with Gasteiger partial charge in [-0.05, 0) is 19.9 Å². The third-order valence-corrected chi connectivity index (χ3v) is 4.43. The minimum Gasteiger partial charge on any atom is -0.379 e. The van der Waals surface area contributed by atoms with E-state index in [2.05, 4.69) is 22.0 Å².